The van der Waals surface area contributed by atoms with Crippen molar-refractivity contribution in [1.29, 1.82) is 0 Å². The molecule has 0 aliphatic heterocycles. The molecular weight excluding hydrogens is 168 g/mol. The Balaban J connectivity index is 2.93. The van der Waals surface area contributed by atoms with Crippen molar-refractivity contribution in [3.8, 4) is 5.75 Å². The lowest BCUT2D eigenvalue weighted by Crippen LogP contribution is -1.81. The number of methoxy groups -OCH3 is 1. The smallest absolute Gasteiger partial charge is 0.145 e. The molecule has 0 bridgehead atoms. The van der Waals surface area contributed by atoms with Crippen LogP contribution < -0.4 is 4.74 Å². The van der Waals surface area contributed by atoms with Crippen LogP contribution in [-0.4, -0.2) is 20.2 Å². The second-order valence-electron chi connectivity index (χ2n) is 2.16. The van der Waals surface area contributed by atoms with E-state index in [0.29, 0.717) is 11.4 Å². The summed E-state index contributed by atoms with van der Waals surface area (Å²) in [4.78, 5) is 8.32. The highest BCUT2D eigenvalue weighted by Crippen LogP contribution is 2.25. The third-order valence-electron chi connectivity index (χ3n) is 1.39. The molecule has 4 heteroatoms. The van der Waals surface area contributed by atoms with Crippen LogP contribution in [0.25, 0.3) is 0 Å². The van der Waals surface area contributed by atoms with Crippen LogP contribution >= 0.6 is 0 Å². The highest BCUT2D eigenvalue weighted by molar-refractivity contribution is 5.58. The van der Waals surface area contributed by atoms with E-state index < -0.39 is 0 Å². The van der Waals surface area contributed by atoms with Gasteiger partial charge in [0.05, 0.1) is 7.11 Å². The lowest BCUT2D eigenvalue weighted by atomic mass is 10.3. The lowest BCUT2D eigenvalue weighted by Gasteiger charge is -2.00. The Morgan fingerprint density at radius 3 is 2.69 bits per heavy atom. The van der Waals surface area contributed by atoms with Crippen LogP contribution in [0.2, 0.25) is 0 Å². The van der Waals surface area contributed by atoms with Crippen molar-refractivity contribution >= 4 is 11.7 Å². The van der Waals surface area contributed by atoms with Crippen LogP contribution in [-0.2, 0) is 4.84 Å². The SMILES string of the molecule is CON=C=Nc1ccccc1OC. The lowest BCUT2D eigenvalue weighted by molar-refractivity contribution is 0.216. The van der Waals surface area contributed by atoms with Crippen molar-refractivity contribution in [3.63, 3.8) is 0 Å². The molecule has 0 unspecified atom stereocenters. The van der Waals surface area contributed by atoms with Gasteiger partial charge in [-0.2, -0.15) is 4.99 Å². The minimum atomic E-state index is 0.672. The number of aliphatic imine (C=N–C) groups is 1. The van der Waals surface area contributed by atoms with E-state index in [0.717, 1.165) is 0 Å². The number of hydrogen-bond donors (Lipinski definition) is 0. The fourth-order valence-corrected chi connectivity index (χ4v) is 0.837. The molecule has 0 saturated carbocycles. The Morgan fingerprint density at radius 2 is 2.00 bits per heavy atom. The van der Waals surface area contributed by atoms with Crippen molar-refractivity contribution in [1.82, 2.24) is 0 Å². The van der Waals surface area contributed by atoms with Gasteiger partial charge in [0.15, 0.2) is 0 Å². The first-order valence-electron chi connectivity index (χ1n) is 3.70. The van der Waals surface area contributed by atoms with Crippen molar-refractivity contribution in [2.24, 2.45) is 10.1 Å². The third-order valence-corrected chi connectivity index (χ3v) is 1.39. The van der Waals surface area contributed by atoms with E-state index in [-0.39, 0.29) is 0 Å². The van der Waals surface area contributed by atoms with E-state index >= 15 is 0 Å². The number of para-hydroxylation sites is 2. The first kappa shape index (κ1) is 9.29. The first-order chi connectivity index (χ1) is 6.38. The molecule has 0 spiro atoms. The predicted octanol–water partition coefficient (Wildman–Crippen LogP) is 2.06. The highest BCUT2D eigenvalue weighted by Gasteiger charge is 1.96. The second-order valence-corrected chi connectivity index (χ2v) is 2.16. The van der Waals surface area contributed by atoms with Crippen molar-refractivity contribution in [3.05, 3.63) is 24.3 Å². The average molecular weight is 178 g/mol. The van der Waals surface area contributed by atoms with Crippen LogP contribution in [0, 0.1) is 0 Å². The molecule has 0 radical (unpaired) electrons. The number of hydrogen-bond acceptors (Lipinski definition) is 4. The normalized spacial score (nSPS) is 8.46. The number of ether oxygens (including phenoxy) is 1. The Hall–Kier alpha value is -1.80. The third kappa shape index (κ3) is 2.61. The van der Waals surface area contributed by atoms with Crippen molar-refractivity contribution in [2.75, 3.05) is 14.2 Å². The van der Waals surface area contributed by atoms with Crippen molar-refractivity contribution in [2.45, 2.75) is 0 Å². The quantitative estimate of drug-likeness (QED) is 0.525. The van der Waals surface area contributed by atoms with E-state index in [1.165, 1.54) is 7.11 Å². The topological polar surface area (TPSA) is 43.2 Å². The molecule has 0 amide bonds. The monoisotopic (exact) mass is 178 g/mol. The average Bonchev–Trinajstić information content (AvgIpc) is 2.19. The van der Waals surface area contributed by atoms with E-state index in [9.17, 15) is 0 Å². The van der Waals surface area contributed by atoms with Gasteiger partial charge in [0.2, 0.25) is 0 Å². The number of rotatable bonds is 3. The summed E-state index contributed by atoms with van der Waals surface area (Å²) in [5, 5.41) is 3.37. The second kappa shape index (κ2) is 4.95. The molecule has 1 aromatic rings. The summed E-state index contributed by atoms with van der Waals surface area (Å²) in [6, 6.07) is 9.71. The molecule has 0 heterocycles. The Morgan fingerprint density at radius 1 is 1.23 bits per heavy atom. The zero-order valence-electron chi connectivity index (χ0n) is 7.52. The molecule has 4 nitrogen and oxygen atoms in total. The van der Waals surface area contributed by atoms with Gasteiger partial charge in [-0.25, -0.2) is 0 Å². The van der Waals surface area contributed by atoms with E-state index in [1.807, 2.05) is 18.2 Å². The maximum absolute atomic E-state index is 5.06. The van der Waals surface area contributed by atoms with Gasteiger partial charge in [0, 0.05) is 0 Å². The molecule has 0 saturated heterocycles. The fourth-order valence-electron chi connectivity index (χ4n) is 0.837. The Labute approximate surface area is 76.5 Å². The molecule has 13 heavy (non-hydrogen) atoms. The van der Waals surface area contributed by atoms with Gasteiger partial charge in [-0.05, 0) is 17.3 Å². The minimum absolute atomic E-state index is 0.672. The van der Waals surface area contributed by atoms with E-state index in [1.54, 1.807) is 13.2 Å². The summed E-state index contributed by atoms with van der Waals surface area (Å²) >= 11 is 0. The summed E-state index contributed by atoms with van der Waals surface area (Å²) in [5.41, 5.74) is 0.672. The number of benzene rings is 1. The van der Waals surface area contributed by atoms with Gasteiger partial charge >= 0.3 is 0 Å². The zero-order chi connectivity index (χ0) is 9.52. The Bertz CT molecular complexity index is 330. The Kier molecular flexibility index (Phi) is 3.54. The number of nitrogens with zero attached hydrogens (tertiary/aromatic N) is 2. The molecule has 0 N–H and O–H groups in total. The van der Waals surface area contributed by atoms with Crippen LogP contribution in [0.1, 0.15) is 0 Å². The summed E-state index contributed by atoms with van der Waals surface area (Å²) in [5.74, 6) is 0.682. The highest BCUT2D eigenvalue weighted by atomic mass is 16.6. The molecule has 0 fully saturated rings. The molecule has 0 aliphatic carbocycles. The molecule has 68 valence electrons. The predicted molar refractivity (Wildman–Crippen MR) is 49.5 cm³/mol. The largest absolute Gasteiger partial charge is 0.494 e. The molecule has 1 aromatic carbocycles. The summed E-state index contributed by atoms with van der Waals surface area (Å²) in [6.45, 7) is 0. The maximum Gasteiger partial charge on any atom is 0.145 e. The molecule has 0 aliphatic rings. The summed E-state index contributed by atoms with van der Waals surface area (Å²) in [6.07, 6.45) is 0. The van der Waals surface area contributed by atoms with Gasteiger partial charge in [-0.15, -0.1) is 0 Å². The van der Waals surface area contributed by atoms with Gasteiger partial charge in [-0.1, -0.05) is 12.1 Å². The zero-order valence-corrected chi connectivity index (χ0v) is 7.52. The summed E-state index contributed by atoms with van der Waals surface area (Å²) in [7, 11) is 3.02. The van der Waals surface area contributed by atoms with Gasteiger partial charge in [-0.3, -0.25) is 0 Å². The van der Waals surface area contributed by atoms with E-state index in [4.69, 9.17) is 4.74 Å². The van der Waals surface area contributed by atoms with Crippen LogP contribution in [0.5, 0.6) is 5.75 Å². The molecular formula is C9H10N2O2. The fraction of sp³-hybridized carbons (Fsp3) is 0.222. The van der Waals surface area contributed by atoms with Crippen LogP contribution in [0.4, 0.5) is 5.69 Å². The summed E-state index contributed by atoms with van der Waals surface area (Å²) < 4.78 is 5.06. The minimum Gasteiger partial charge on any atom is -0.494 e. The standard InChI is InChI=1S/C9H10N2O2/c1-12-9-6-4-3-5-8(9)10-7-11-13-2/h3-6H,1-2H3. The maximum atomic E-state index is 5.06. The molecule has 1 rings (SSSR count). The van der Waals surface area contributed by atoms with Crippen LogP contribution in [0.3, 0.4) is 0 Å². The van der Waals surface area contributed by atoms with Crippen LogP contribution in [0.15, 0.2) is 34.4 Å². The molecule has 0 aromatic heterocycles. The van der Waals surface area contributed by atoms with Crippen molar-refractivity contribution < 1.29 is 9.57 Å². The first-order valence-corrected chi connectivity index (χ1v) is 3.70. The van der Waals surface area contributed by atoms with E-state index in [2.05, 4.69) is 21.0 Å². The molecule has 0 atom stereocenters. The van der Waals surface area contributed by atoms with Gasteiger partial charge < -0.3 is 9.57 Å². The van der Waals surface area contributed by atoms with Gasteiger partial charge in [0.1, 0.15) is 24.6 Å². The van der Waals surface area contributed by atoms with Gasteiger partial charge in [0.25, 0.3) is 0 Å².